The summed E-state index contributed by atoms with van der Waals surface area (Å²) in [6, 6.07) is 7.14. The third-order valence-corrected chi connectivity index (χ3v) is 2.75. The van der Waals surface area contributed by atoms with Crippen molar-refractivity contribution in [1.82, 2.24) is 0 Å². The van der Waals surface area contributed by atoms with E-state index in [1.165, 1.54) is 29.3 Å². The van der Waals surface area contributed by atoms with Crippen LogP contribution in [0.2, 0.25) is 0 Å². The molecule has 0 bridgehead atoms. The molecule has 24 heavy (non-hydrogen) atoms. The number of rotatable bonds is 0. The van der Waals surface area contributed by atoms with E-state index >= 15 is 0 Å². The average Bonchev–Trinajstić information content (AvgIpc) is 3.14. The summed E-state index contributed by atoms with van der Waals surface area (Å²) >= 11 is 0. The molecule has 0 saturated carbocycles. The Bertz CT molecular complexity index is 537. The molecule has 0 fully saturated rings. The van der Waals surface area contributed by atoms with Crippen molar-refractivity contribution in [2.75, 3.05) is 0 Å². The number of hydrogen-bond acceptors (Lipinski definition) is 0. The monoisotopic (exact) mass is 386 g/mol. The maximum atomic E-state index is 11.8. The summed E-state index contributed by atoms with van der Waals surface area (Å²) in [5, 5.41) is 0. The Hall–Kier alpha value is -1.03. The van der Waals surface area contributed by atoms with Gasteiger partial charge >= 0.3 is 27.9 Å². The molecule has 1 aromatic carbocycles. The van der Waals surface area contributed by atoms with Gasteiger partial charge in [-0.1, -0.05) is 19.4 Å². The van der Waals surface area contributed by atoms with Gasteiger partial charge in [0.15, 0.2) is 0 Å². The molecule has 0 nitrogen and oxygen atoms in total. The summed E-state index contributed by atoms with van der Waals surface area (Å²) in [6.07, 6.45) is 12.4. The van der Waals surface area contributed by atoms with Gasteiger partial charge in [0.2, 0.25) is 0 Å². The van der Waals surface area contributed by atoms with E-state index in [9.17, 15) is 13.2 Å². The van der Waals surface area contributed by atoms with E-state index < -0.39 is 11.7 Å². The predicted octanol–water partition coefficient (Wildman–Crippen LogP) is 2.90. The van der Waals surface area contributed by atoms with E-state index in [-0.39, 0.29) is 34.1 Å². The van der Waals surface area contributed by atoms with Gasteiger partial charge in [-0.3, -0.25) is 12.2 Å². The number of allylic oxidation sites excluding steroid dienone is 8. The molecule has 0 amide bonds. The average molecular weight is 387 g/mol. The summed E-state index contributed by atoms with van der Waals surface area (Å²) in [5.74, 6) is 0. The van der Waals surface area contributed by atoms with Crippen LogP contribution in [-0.4, -0.2) is 0 Å². The van der Waals surface area contributed by atoms with Crippen LogP contribution in [0.5, 0.6) is 0 Å². The first-order valence-electron chi connectivity index (χ1n) is 6.91. The molecule has 0 spiro atoms. The van der Waals surface area contributed by atoms with Crippen molar-refractivity contribution in [1.29, 1.82) is 0 Å². The summed E-state index contributed by atoms with van der Waals surface area (Å²) in [5.41, 5.74) is 1.82. The quantitative estimate of drug-likeness (QED) is 0.475. The SMILES string of the molecule is CC1=[C-]CC=C1.CC1=[C-]CC=C1.FC(F)(F)c1[c-]cccc1.[Cl-].[Ti+3]. The topological polar surface area (TPSA) is 0 Å². The van der Waals surface area contributed by atoms with Gasteiger partial charge in [0.25, 0.3) is 0 Å². The molecule has 0 atom stereocenters. The zero-order valence-corrected chi connectivity index (χ0v) is 15.9. The molecule has 1 radical (unpaired) electrons. The Morgan fingerprint density at radius 2 is 1.42 bits per heavy atom. The van der Waals surface area contributed by atoms with Crippen LogP contribution in [0.4, 0.5) is 13.2 Å². The van der Waals surface area contributed by atoms with Gasteiger partial charge < -0.3 is 12.4 Å². The molecule has 0 N–H and O–H groups in total. The number of halogens is 4. The van der Waals surface area contributed by atoms with Crippen molar-refractivity contribution >= 4 is 0 Å². The second-order valence-electron chi connectivity index (χ2n) is 4.71. The first kappa shape index (κ1) is 25.2. The molecule has 0 unspecified atom stereocenters. The largest absolute Gasteiger partial charge is 3.00 e. The first-order chi connectivity index (χ1) is 10.4. The van der Waals surface area contributed by atoms with E-state index in [0.29, 0.717) is 0 Å². The minimum absolute atomic E-state index is 0. The van der Waals surface area contributed by atoms with Crippen LogP contribution in [0.25, 0.3) is 0 Å². The maximum absolute atomic E-state index is 11.8. The summed E-state index contributed by atoms with van der Waals surface area (Å²) < 4.78 is 35.3. The molecule has 0 heterocycles. The van der Waals surface area contributed by atoms with Crippen LogP contribution in [0.15, 0.2) is 59.7 Å². The minimum Gasteiger partial charge on any atom is -1.00 e. The Morgan fingerprint density at radius 1 is 0.917 bits per heavy atom. The zero-order valence-electron chi connectivity index (χ0n) is 13.5. The van der Waals surface area contributed by atoms with E-state index in [2.05, 4.69) is 56.4 Å². The number of hydrogen-bond donors (Lipinski definition) is 0. The molecule has 127 valence electrons. The number of benzene rings is 1. The molecule has 0 saturated heterocycles. The summed E-state index contributed by atoms with van der Waals surface area (Å²) in [7, 11) is 0. The zero-order chi connectivity index (χ0) is 16.4. The van der Waals surface area contributed by atoms with E-state index in [0.717, 1.165) is 18.9 Å². The Balaban J connectivity index is 0. The minimum atomic E-state index is -4.26. The van der Waals surface area contributed by atoms with Crippen molar-refractivity contribution in [3.05, 3.63) is 83.5 Å². The van der Waals surface area contributed by atoms with Crippen LogP contribution in [-0.2, 0) is 27.9 Å². The fraction of sp³-hybridized carbons (Fsp3) is 0.263. The van der Waals surface area contributed by atoms with Gasteiger partial charge in [-0.15, -0.1) is 12.8 Å². The molecule has 0 aliphatic heterocycles. The van der Waals surface area contributed by atoms with Crippen LogP contribution < -0.4 is 12.4 Å². The Morgan fingerprint density at radius 3 is 1.58 bits per heavy atom. The summed E-state index contributed by atoms with van der Waals surface area (Å²) in [4.78, 5) is 0. The molecule has 3 rings (SSSR count). The predicted molar refractivity (Wildman–Crippen MR) is 82.7 cm³/mol. The van der Waals surface area contributed by atoms with Gasteiger partial charge in [0.05, 0.1) is 0 Å². The van der Waals surface area contributed by atoms with Crippen LogP contribution >= 0.6 is 0 Å². The molecule has 1 aromatic rings. The standard InChI is InChI=1S/C7H4F3.2C6H7.ClH.Ti/c8-7(9,10)6-4-2-1-3-5-6;2*1-6-4-2-3-5-6;;/h1-4H;2*2,4H,3H2,1H3;1H;/q3*-1;;+3/p-1. The van der Waals surface area contributed by atoms with Crippen LogP contribution in [0.1, 0.15) is 32.3 Å². The Labute approximate surface area is 163 Å². The van der Waals surface area contributed by atoms with Crippen LogP contribution in [0, 0.1) is 18.2 Å². The molecule has 2 aliphatic rings. The molecular weight excluding hydrogens is 369 g/mol. The van der Waals surface area contributed by atoms with Crippen LogP contribution in [0.3, 0.4) is 0 Å². The normalized spacial score (nSPS) is 14.0. The fourth-order valence-electron chi connectivity index (χ4n) is 1.60. The van der Waals surface area contributed by atoms with Crippen molar-refractivity contribution in [3.63, 3.8) is 0 Å². The Kier molecular flexibility index (Phi) is 14.0. The van der Waals surface area contributed by atoms with Gasteiger partial charge in [0.1, 0.15) is 0 Å². The fourth-order valence-corrected chi connectivity index (χ4v) is 1.60. The second kappa shape index (κ2) is 13.3. The van der Waals surface area contributed by atoms with E-state index in [4.69, 9.17) is 0 Å². The van der Waals surface area contributed by atoms with Crippen molar-refractivity contribution in [3.8, 4) is 0 Å². The van der Waals surface area contributed by atoms with E-state index in [1.54, 1.807) is 0 Å². The van der Waals surface area contributed by atoms with Gasteiger partial charge in [-0.2, -0.15) is 55.7 Å². The molecule has 0 aromatic heterocycles. The number of alkyl halides is 3. The van der Waals surface area contributed by atoms with E-state index in [1.807, 2.05) is 0 Å². The van der Waals surface area contributed by atoms with Gasteiger partial charge in [-0.05, 0) is 0 Å². The smallest absolute Gasteiger partial charge is 1.00 e. The van der Waals surface area contributed by atoms with Crippen molar-refractivity contribution in [2.24, 2.45) is 0 Å². The van der Waals surface area contributed by atoms with Crippen molar-refractivity contribution < 1.29 is 47.3 Å². The third-order valence-electron chi connectivity index (χ3n) is 2.75. The summed E-state index contributed by atoms with van der Waals surface area (Å²) in [6.45, 7) is 4.12. The third kappa shape index (κ3) is 11.5. The molecular formula is C19H18ClF3Ti-. The first-order valence-corrected chi connectivity index (χ1v) is 6.91. The maximum Gasteiger partial charge on any atom is 3.00 e. The molecule has 2 aliphatic carbocycles. The van der Waals surface area contributed by atoms with Gasteiger partial charge in [-0.25, -0.2) is 23.3 Å². The second-order valence-corrected chi connectivity index (χ2v) is 4.71. The molecule has 5 heteroatoms. The van der Waals surface area contributed by atoms with Crippen molar-refractivity contribution in [2.45, 2.75) is 32.9 Å². The van der Waals surface area contributed by atoms with Gasteiger partial charge in [0, 0.05) is 0 Å².